The van der Waals surface area contributed by atoms with Gasteiger partial charge >= 0.3 is 0 Å². The van der Waals surface area contributed by atoms with Crippen molar-refractivity contribution in [2.24, 2.45) is 0 Å². The van der Waals surface area contributed by atoms with Gasteiger partial charge in [0.25, 0.3) is 10.0 Å². The monoisotopic (exact) mass is 249 g/mol. The van der Waals surface area contributed by atoms with Crippen molar-refractivity contribution in [2.75, 3.05) is 27.3 Å². The molecule has 7 nitrogen and oxygen atoms in total. The molecule has 0 saturated carbocycles. The summed E-state index contributed by atoms with van der Waals surface area (Å²) in [5, 5.41) is 9.42. The van der Waals surface area contributed by atoms with E-state index < -0.39 is 16.1 Å². The SMILES string of the molecule is COCC(O)CN(C)S(=O)(=O)c1cnc[nH]1. The van der Waals surface area contributed by atoms with Gasteiger partial charge in [0.15, 0.2) is 5.03 Å². The molecule has 0 aliphatic carbocycles. The molecular weight excluding hydrogens is 234 g/mol. The van der Waals surface area contributed by atoms with Crippen LogP contribution in [0.4, 0.5) is 0 Å². The normalized spacial score (nSPS) is 14.2. The first-order valence-corrected chi connectivity index (χ1v) is 6.04. The minimum absolute atomic E-state index is 0.000355. The van der Waals surface area contributed by atoms with Crippen LogP contribution in [0.2, 0.25) is 0 Å². The summed E-state index contributed by atoms with van der Waals surface area (Å²) < 4.78 is 29.4. The van der Waals surface area contributed by atoms with E-state index in [0.29, 0.717) is 0 Å². The average Bonchev–Trinajstić information content (AvgIpc) is 2.70. The Morgan fingerprint density at radius 1 is 1.69 bits per heavy atom. The Labute approximate surface area is 94.1 Å². The molecule has 0 saturated heterocycles. The van der Waals surface area contributed by atoms with Gasteiger partial charge in [-0.2, -0.15) is 4.31 Å². The van der Waals surface area contributed by atoms with Crippen LogP contribution >= 0.6 is 0 Å². The first-order chi connectivity index (χ1) is 7.48. The largest absolute Gasteiger partial charge is 0.389 e. The average molecular weight is 249 g/mol. The van der Waals surface area contributed by atoms with Crippen LogP contribution in [0.3, 0.4) is 0 Å². The lowest BCUT2D eigenvalue weighted by atomic mass is 10.4. The predicted octanol–water partition coefficient (Wildman–Crippen LogP) is -0.962. The maximum absolute atomic E-state index is 11.8. The minimum atomic E-state index is -3.61. The summed E-state index contributed by atoms with van der Waals surface area (Å²) in [6, 6.07) is 0. The van der Waals surface area contributed by atoms with Crippen LogP contribution < -0.4 is 0 Å². The topological polar surface area (TPSA) is 95.5 Å². The van der Waals surface area contributed by atoms with Crippen LogP contribution in [0.1, 0.15) is 0 Å². The summed E-state index contributed by atoms with van der Waals surface area (Å²) in [5.74, 6) is 0. The molecule has 0 bridgehead atoms. The highest BCUT2D eigenvalue weighted by molar-refractivity contribution is 7.89. The van der Waals surface area contributed by atoms with Gasteiger partial charge in [-0.3, -0.25) is 0 Å². The van der Waals surface area contributed by atoms with E-state index >= 15 is 0 Å². The Hall–Kier alpha value is -0.960. The fourth-order valence-corrected chi connectivity index (χ4v) is 2.29. The molecule has 1 atom stereocenters. The molecule has 92 valence electrons. The van der Waals surface area contributed by atoms with Crippen LogP contribution in [0, 0.1) is 0 Å². The van der Waals surface area contributed by atoms with E-state index in [9.17, 15) is 13.5 Å². The summed E-state index contributed by atoms with van der Waals surface area (Å²) in [7, 11) is -0.788. The van der Waals surface area contributed by atoms with Crippen molar-refractivity contribution in [3.8, 4) is 0 Å². The Morgan fingerprint density at radius 2 is 2.38 bits per heavy atom. The lowest BCUT2D eigenvalue weighted by Crippen LogP contribution is -2.36. The van der Waals surface area contributed by atoms with E-state index in [1.807, 2.05) is 0 Å². The Balaban J connectivity index is 2.70. The first kappa shape index (κ1) is 13.1. The molecule has 0 aliphatic heterocycles. The molecule has 0 spiro atoms. The Kier molecular flexibility index (Phi) is 4.42. The quantitative estimate of drug-likeness (QED) is 0.677. The molecule has 8 heteroatoms. The molecule has 1 unspecified atom stereocenters. The number of aliphatic hydroxyl groups excluding tert-OH is 1. The van der Waals surface area contributed by atoms with Crippen molar-refractivity contribution in [1.29, 1.82) is 0 Å². The standard InChI is InChI=1S/C8H15N3O4S/c1-11(4-7(12)5-15-2)16(13,14)8-3-9-6-10-8/h3,6-7,12H,4-5H2,1-2H3,(H,9,10). The zero-order valence-electron chi connectivity index (χ0n) is 9.12. The lowest BCUT2D eigenvalue weighted by molar-refractivity contribution is 0.0554. The van der Waals surface area contributed by atoms with Gasteiger partial charge in [0.1, 0.15) is 0 Å². The van der Waals surface area contributed by atoms with Gasteiger partial charge in [-0.25, -0.2) is 13.4 Å². The number of rotatable bonds is 6. The number of sulfonamides is 1. The number of aromatic nitrogens is 2. The van der Waals surface area contributed by atoms with Crippen molar-refractivity contribution >= 4 is 10.0 Å². The molecule has 1 aromatic heterocycles. The van der Waals surface area contributed by atoms with E-state index in [4.69, 9.17) is 4.74 Å². The van der Waals surface area contributed by atoms with Gasteiger partial charge in [-0.1, -0.05) is 0 Å². The van der Waals surface area contributed by atoms with Crippen LogP contribution in [0.25, 0.3) is 0 Å². The maximum Gasteiger partial charge on any atom is 0.259 e. The highest BCUT2D eigenvalue weighted by Gasteiger charge is 2.24. The number of H-pyrrole nitrogens is 1. The second-order valence-electron chi connectivity index (χ2n) is 3.31. The maximum atomic E-state index is 11.8. The van der Waals surface area contributed by atoms with E-state index in [-0.39, 0.29) is 18.2 Å². The second kappa shape index (κ2) is 5.39. The number of nitrogens with zero attached hydrogens (tertiary/aromatic N) is 2. The number of ether oxygens (including phenoxy) is 1. The fraction of sp³-hybridized carbons (Fsp3) is 0.625. The van der Waals surface area contributed by atoms with Crippen molar-refractivity contribution in [2.45, 2.75) is 11.1 Å². The van der Waals surface area contributed by atoms with E-state index in [1.165, 1.54) is 26.7 Å². The van der Waals surface area contributed by atoms with Gasteiger partial charge in [-0.15, -0.1) is 0 Å². The highest BCUT2D eigenvalue weighted by atomic mass is 32.2. The van der Waals surface area contributed by atoms with E-state index in [0.717, 1.165) is 4.31 Å². The van der Waals surface area contributed by atoms with Gasteiger partial charge in [0.05, 0.1) is 25.2 Å². The molecular formula is C8H15N3O4S. The van der Waals surface area contributed by atoms with Crippen molar-refractivity contribution < 1.29 is 18.3 Å². The van der Waals surface area contributed by atoms with E-state index in [1.54, 1.807) is 0 Å². The third-order valence-corrected chi connectivity index (χ3v) is 3.74. The van der Waals surface area contributed by atoms with E-state index in [2.05, 4.69) is 9.97 Å². The second-order valence-corrected chi connectivity index (χ2v) is 5.32. The zero-order chi connectivity index (χ0) is 12.2. The van der Waals surface area contributed by atoms with Gasteiger partial charge < -0.3 is 14.8 Å². The summed E-state index contributed by atoms with van der Waals surface area (Å²) >= 11 is 0. The smallest absolute Gasteiger partial charge is 0.259 e. The minimum Gasteiger partial charge on any atom is -0.389 e. The Morgan fingerprint density at radius 3 is 2.88 bits per heavy atom. The predicted molar refractivity (Wildman–Crippen MR) is 56.3 cm³/mol. The summed E-state index contributed by atoms with van der Waals surface area (Å²) in [5.41, 5.74) is 0. The highest BCUT2D eigenvalue weighted by Crippen LogP contribution is 2.10. The van der Waals surface area contributed by atoms with Crippen molar-refractivity contribution in [3.63, 3.8) is 0 Å². The third kappa shape index (κ3) is 3.01. The number of hydrogen-bond donors (Lipinski definition) is 2. The summed E-state index contributed by atoms with van der Waals surface area (Å²) in [6.45, 7) is 0.0536. The molecule has 1 aromatic rings. The number of aliphatic hydroxyl groups is 1. The number of likely N-dealkylation sites (N-methyl/N-ethyl adjacent to an activating group) is 1. The third-order valence-electron chi connectivity index (χ3n) is 1.99. The molecule has 0 aromatic carbocycles. The molecule has 1 rings (SSSR count). The number of methoxy groups -OCH3 is 1. The summed E-state index contributed by atoms with van der Waals surface area (Å²) in [4.78, 5) is 6.15. The first-order valence-electron chi connectivity index (χ1n) is 4.60. The van der Waals surface area contributed by atoms with Gasteiger partial charge in [-0.05, 0) is 0 Å². The van der Waals surface area contributed by atoms with Crippen LogP contribution in [0.15, 0.2) is 17.6 Å². The number of hydrogen-bond acceptors (Lipinski definition) is 5. The Bertz CT molecular complexity index is 403. The van der Waals surface area contributed by atoms with Gasteiger partial charge in [0, 0.05) is 20.7 Å². The molecule has 0 fully saturated rings. The zero-order valence-corrected chi connectivity index (χ0v) is 9.94. The lowest BCUT2D eigenvalue weighted by Gasteiger charge is -2.19. The van der Waals surface area contributed by atoms with Crippen LogP contribution in [-0.2, 0) is 14.8 Å². The molecule has 2 N–H and O–H groups in total. The van der Waals surface area contributed by atoms with Gasteiger partial charge in [0.2, 0.25) is 0 Å². The van der Waals surface area contributed by atoms with Crippen molar-refractivity contribution in [3.05, 3.63) is 12.5 Å². The number of nitrogens with one attached hydrogen (secondary N) is 1. The molecule has 0 amide bonds. The molecule has 16 heavy (non-hydrogen) atoms. The van der Waals surface area contributed by atoms with Crippen molar-refractivity contribution in [1.82, 2.24) is 14.3 Å². The molecule has 0 radical (unpaired) electrons. The molecule has 0 aliphatic rings. The molecule has 1 heterocycles. The van der Waals surface area contributed by atoms with Crippen LogP contribution in [-0.4, -0.2) is 61.2 Å². The number of aromatic amines is 1. The summed E-state index contributed by atoms with van der Waals surface area (Å²) in [6.07, 6.45) is 1.65. The fourth-order valence-electron chi connectivity index (χ4n) is 1.19. The van der Waals surface area contributed by atoms with Crippen LogP contribution in [0.5, 0.6) is 0 Å². The number of imidazole rings is 1.